The molecule has 0 aromatic heterocycles. The van der Waals surface area contributed by atoms with E-state index in [2.05, 4.69) is 157 Å². The van der Waals surface area contributed by atoms with Gasteiger partial charge < -0.3 is 19.3 Å². The second-order valence-corrected chi connectivity index (χ2v) is 17.6. The summed E-state index contributed by atoms with van der Waals surface area (Å²) >= 11 is 0. The van der Waals surface area contributed by atoms with E-state index in [0.29, 0.717) is 44.7 Å². The zero-order valence-electron chi connectivity index (χ0n) is 34.9. The van der Waals surface area contributed by atoms with Gasteiger partial charge in [0.15, 0.2) is 0 Å². The van der Waals surface area contributed by atoms with Gasteiger partial charge in [0.2, 0.25) is 5.91 Å². The number of amides is 1. The Morgan fingerprint density at radius 1 is 0.963 bits per heavy atom. The predicted molar refractivity (Wildman–Crippen MR) is 228 cm³/mol. The first-order valence-corrected chi connectivity index (χ1v) is 21.4. The number of benzene rings is 2. The molecule has 1 N–H and O–H groups in total. The molecule has 296 valence electrons. The average molecular weight is 757 g/mol. The molecule has 0 saturated carbocycles. The molecular weight excluding hydrogens is 688 g/mol. The number of fused-ring (bicyclic) bond motifs is 1. The lowest BCUT2D eigenvalue weighted by atomic mass is 9.76. The summed E-state index contributed by atoms with van der Waals surface area (Å²) in [7, 11) is -1.18. The Bertz CT molecular complexity index is 1580. The first-order valence-electron chi connectivity index (χ1n) is 20.2. The van der Waals surface area contributed by atoms with Crippen molar-refractivity contribution in [2.45, 2.75) is 143 Å². The van der Waals surface area contributed by atoms with Crippen molar-refractivity contribution in [1.29, 1.82) is 5.26 Å². The number of hydrogen-bond acceptors (Lipinski definition) is 6. The number of hydrogen-bond donors (Lipinski definition) is 1. The molecule has 2 aromatic carbocycles. The number of para-hydroxylation sites is 1. The second kappa shape index (κ2) is 22.3. The summed E-state index contributed by atoms with van der Waals surface area (Å²) in [5.41, 5.74) is 7.32. The Morgan fingerprint density at radius 3 is 2.31 bits per heavy atom. The molecule has 7 nitrogen and oxygen atoms in total. The maximum absolute atomic E-state index is 12.6. The number of allylic oxidation sites excluding steroid dienone is 5. The molecule has 0 aliphatic carbocycles. The topological polar surface area (TPSA) is 77.8 Å². The number of nitrogens with one attached hydrogen (secondary N) is 1. The molecule has 1 unspecified atom stereocenters. The van der Waals surface area contributed by atoms with Gasteiger partial charge in [-0.25, -0.2) is 4.67 Å². The molecule has 0 saturated heterocycles. The fraction of sp³-hybridized carbons (Fsp3) is 0.565. The minimum atomic E-state index is -1.18. The summed E-state index contributed by atoms with van der Waals surface area (Å²) in [6.07, 6.45) is 14.5. The zero-order chi connectivity index (χ0) is 39.7. The van der Waals surface area contributed by atoms with Crippen molar-refractivity contribution in [3.8, 4) is 6.07 Å². The maximum atomic E-state index is 12.6. The monoisotopic (exact) mass is 757 g/mol. The van der Waals surface area contributed by atoms with Crippen LogP contribution in [0, 0.1) is 18.3 Å². The molecule has 8 heteroatoms. The number of carbonyl (C=O) groups is 1. The average Bonchev–Trinajstić information content (AvgIpc) is 3.33. The van der Waals surface area contributed by atoms with Crippen LogP contribution in [0.15, 0.2) is 84.6 Å². The molecule has 3 rings (SSSR count). The third-order valence-corrected chi connectivity index (χ3v) is 12.6. The molecule has 0 fully saturated rings. The Morgan fingerprint density at radius 2 is 1.61 bits per heavy atom. The quantitative estimate of drug-likeness (QED) is 0.0653. The molecular formula is C46H69N4O3P. The van der Waals surface area contributed by atoms with Crippen molar-refractivity contribution >= 4 is 20.1 Å². The highest BCUT2D eigenvalue weighted by molar-refractivity contribution is 7.44. The molecule has 0 radical (unpaired) electrons. The van der Waals surface area contributed by atoms with Gasteiger partial charge in [-0.15, -0.1) is 0 Å². The molecule has 1 aliphatic heterocycles. The minimum absolute atomic E-state index is 0.111. The highest BCUT2D eigenvalue weighted by Gasteiger charge is 2.39. The van der Waals surface area contributed by atoms with Crippen LogP contribution in [-0.4, -0.2) is 49.0 Å². The van der Waals surface area contributed by atoms with Crippen LogP contribution in [0.25, 0.3) is 0 Å². The van der Waals surface area contributed by atoms with Gasteiger partial charge in [-0.1, -0.05) is 108 Å². The van der Waals surface area contributed by atoms with Gasteiger partial charge in [-0.2, -0.15) is 5.26 Å². The standard InChI is InChI=1S/C46H69N4O3P/c1-36(2)50(37(3)4)54(53-35-23-31-47)52-34-21-12-11-19-32-48-44(51)30-14-13-20-33-49-42-28-18-17-27-41(42)46(9,10)43(49)29-22-25-39(6)45(7,8)40-26-16-15-24-38(40)5/h15-18,22,24-29,36-37H,6,11-14,19-21,23,30,32-35H2,1-5,7-10H3,(H,48,51)/b25-22+,43-29+. The number of aryl methyl sites for hydroxylation is 1. The summed E-state index contributed by atoms with van der Waals surface area (Å²) < 4.78 is 14.4. The highest BCUT2D eigenvalue weighted by Crippen LogP contribution is 2.48. The molecule has 2 aromatic rings. The third kappa shape index (κ3) is 12.9. The van der Waals surface area contributed by atoms with Crippen molar-refractivity contribution in [3.63, 3.8) is 0 Å². The fourth-order valence-electron chi connectivity index (χ4n) is 7.38. The van der Waals surface area contributed by atoms with Crippen LogP contribution in [0.4, 0.5) is 5.69 Å². The van der Waals surface area contributed by atoms with Crippen LogP contribution in [-0.2, 0) is 24.7 Å². The summed E-state index contributed by atoms with van der Waals surface area (Å²) in [4.78, 5) is 15.1. The van der Waals surface area contributed by atoms with Gasteiger partial charge in [-0.05, 0) is 94.7 Å². The van der Waals surface area contributed by atoms with E-state index in [1.165, 1.54) is 28.1 Å². The zero-order valence-corrected chi connectivity index (χ0v) is 35.8. The van der Waals surface area contributed by atoms with Crippen LogP contribution >= 0.6 is 8.53 Å². The Kier molecular flexibility index (Phi) is 18.7. The van der Waals surface area contributed by atoms with E-state index in [0.717, 1.165) is 57.1 Å². The first kappa shape index (κ1) is 45.1. The van der Waals surface area contributed by atoms with Crippen LogP contribution in [0.3, 0.4) is 0 Å². The molecule has 1 atom stereocenters. The second-order valence-electron chi connectivity index (χ2n) is 16.1. The first-order chi connectivity index (χ1) is 25.7. The minimum Gasteiger partial charge on any atom is -0.356 e. The lowest BCUT2D eigenvalue weighted by molar-refractivity contribution is -0.121. The van der Waals surface area contributed by atoms with E-state index in [4.69, 9.17) is 14.3 Å². The number of nitrogens with zero attached hydrogens (tertiary/aromatic N) is 3. The van der Waals surface area contributed by atoms with E-state index >= 15 is 0 Å². The lowest BCUT2D eigenvalue weighted by Gasteiger charge is -2.35. The summed E-state index contributed by atoms with van der Waals surface area (Å²) in [6.45, 7) is 27.0. The third-order valence-electron chi connectivity index (χ3n) is 10.5. The number of rotatable bonds is 24. The molecule has 0 bridgehead atoms. The van der Waals surface area contributed by atoms with Crippen molar-refractivity contribution in [3.05, 3.63) is 101 Å². The van der Waals surface area contributed by atoms with Crippen molar-refractivity contribution in [2.24, 2.45) is 0 Å². The van der Waals surface area contributed by atoms with E-state index in [1.807, 2.05) is 0 Å². The van der Waals surface area contributed by atoms with Crippen LogP contribution in [0.1, 0.15) is 130 Å². The SMILES string of the molecule is C=C(/C=C/C=C1/N(CCCCCC(=O)NCCCCCCOP(OCCC#N)N(C(C)C)C(C)C)c2ccccc2C1(C)C)C(C)(C)c1ccccc1C. The number of anilines is 1. The van der Waals surface area contributed by atoms with E-state index in [-0.39, 0.29) is 16.7 Å². The molecule has 1 heterocycles. The Balaban J connectivity index is 1.41. The number of nitriles is 1. The van der Waals surface area contributed by atoms with Crippen LogP contribution < -0.4 is 10.2 Å². The van der Waals surface area contributed by atoms with E-state index in [1.54, 1.807) is 0 Å². The highest BCUT2D eigenvalue weighted by atomic mass is 31.2. The van der Waals surface area contributed by atoms with Gasteiger partial charge >= 0.3 is 0 Å². The maximum Gasteiger partial charge on any atom is 0.259 e. The van der Waals surface area contributed by atoms with E-state index in [9.17, 15) is 4.79 Å². The number of unbranched alkanes of at least 4 members (excludes halogenated alkanes) is 5. The van der Waals surface area contributed by atoms with Crippen LogP contribution in [0.5, 0.6) is 0 Å². The van der Waals surface area contributed by atoms with Gasteiger partial charge in [0.1, 0.15) is 0 Å². The summed E-state index contributed by atoms with van der Waals surface area (Å²) in [5.74, 6) is 0.146. The van der Waals surface area contributed by atoms with Crippen LogP contribution in [0.2, 0.25) is 0 Å². The molecule has 1 aliphatic rings. The van der Waals surface area contributed by atoms with Crippen molar-refractivity contribution in [2.75, 3.05) is 31.2 Å². The summed E-state index contributed by atoms with van der Waals surface area (Å²) in [5, 5.41) is 12.0. The Labute approximate surface area is 329 Å². The van der Waals surface area contributed by atoms with Gasteiger partial charge in [-0.3, -0.25) is 4.79 Å². The number of carbonyl (C=O) groups excluding carboxylic acids is 1. The molecule has 1 amide bonds. The normalized spacial score (nSPS) is 15.4. The van der Waals surface area contributed by atoms with E-state index < -0.39 is 8.53 Å². The lowest BCUT2D eigenvalue weighted by Crippen LogP contribution is -2.33. The summed E-state index contributed by atoms with van der Waals surface area (Å²) in [6, 6.07) is 20.1. The Hall–Kier alpha value is -3.27. The van der Waals surface area contributed by atoms with Crippen molar-refractivity contribution in [1.82, 2.24) is 9.99 Å². The largest absolute Gasteiger partial charge is 0.356 e. The smallest absolute Gasteiger partial charge is 0.259 e. The van der Waals surface area contributed by atoms with Gasteiger partial charge in [0, 0.05) is 53.8 Å². The van der Waals surface area contributed by atoms with Crippen molar-refractivity contribution < 1.29 is 13.8 Å². The van der Waals surface area contributed by atoms with Gasteiger partial charge in [0.25, 0.3) is 8.53 Å². The fourth-order valence-corrected chi connectivity index (χ4v) is 9.01. The predicted octanol–water partition coefficient (Wildman–Crippen LogP) is 11.6. The molecule has 54 heavy (non-hydrogen) atoms. The van der Waals surface area contributed by atoms with Gasteiger partial charge in [0.05, 0.1) is 25.7 Å². The molecule has 0 spiro atoms.